The Morgan fingerprint density at radius 1 is 1.26 bits per heavy atom. The Labute approximate surface area is 141 Å². The molecule has 0 aliphatic heterocycles. The van der Waals surface area contributed by atoms with Crippen LogP contribution >= 0.6 is 11.6 Å². The number of hydrogen-bond acceptors (Lipinski definition) is 3. The molecule has 0 amide bonds. The van der Waals surface area contributed by atoms with Crippen LogP contribution < -0.4 is 10.5 Å². The lowest BCUT2D eigenvalue weighted by Gasteiger charge is -2.26. The van der Waals surface area contributed by atoms with Gasteiger partial charge in [-0.15, -0.1) is 0 Å². The third kappa shape index (κ3) is 3.22. The molecule has 2 aromatic rings. The number of halogens is 1. The molecule has 0 radical (unpaired) electrons. The topological polar surface area (TPSA) is 72.2 Å². The van der Waals surface area contributed by atoms with Crippen LogP contribution in [-0.4, -0.2) is 8.42 Å². The zero-order valence-electron chi connectivity index (χ0n) is 12.8. The number of nitrogens with one attached hydrogen (secondary N) is 1. The highest BCUT2D eigenvalue weighted by Gasteiger charge is 2.27. The summed E-state index contributed by atoms with van der Waals surface area (Å²) in [5.74, 6) is 0. The van der Waals surface area contributed by atoms with Gasteiger partial charge >= 0.3 is 0 Å². The molecule has 0 spiro atoms. The van der Waals surface area contributed by atoms with E-state index in [4.69, 9.17) is 17.3 Å². The van der Waals surface area contributed by atoms with Gasteiger partial charge in [-0.05, 0) is 67.1 Å². The molecule has 23 heavy (non-hydrogen) atoms. The predicted octanol–water partition coefficient (Wildman–Crippen LogP) is 3.59. The molecular weight excluding hydrogens is 332 g/mol. The summed E-state index contributed by atoms with van der Waals surface area (Å²) in [6.07, 6.45) is 2.63. The SMILES string of the molecule is Cc1c(Cl)cccc1S(=O)(=O)NC1CCCc2cc(N)ccc21. The van der Waals surface area contributed by atoms with Gasteiger partial charge in [0.2, 0.25) is 10.0 Å². The molecule has 1 unspecified atom stereocenters. The Balaban J connectivity index is 1.95. The van der Waals surface area contributed by atoms with Crippen molar-refractivity contribution in [3.63, 3.8) is 0 Å². The molecule has 1 atom stereocenters. The Hall–Kier alpha value is -1.56. The van der Waals surface area contributed by atoms with E-state index in [-0.39, 0.29) is 10.9 Å². The number of rotatable bonds is 3. The van der Waals surface area contributed by atoms with Gasteiger partial charge in [0.15, 0.2) is 0 Å². The molecule has 4 nitrogen and oxygen atoms in total. The maximum Gasteiger partial charge on any atom is 0.241 e. The normalized spacial score (nSPS) is 17.7. The Kier molecular flexibility index (Phi) is 4.36. The molecule has 0 saturated heterocycles. The van der Waals surface area contributed by atoms with Gasteiger partial charge in [-0.25, -0.2) is 13.1 Å². The van der Waals surface area contributed by atoms with Crippen molar-refractivity contribution in [2.75, 3.05) is 5.73 Å². The summed E-state index contributed by atoms with van der Waals surface area (Å²) < 4.78 is 28.3. The van der Waals surface area contributed by atoms with Gasteiger partial charge in [-0.1, -0.05) is 23.7 Å². The van der Waals surface area contributed by atoms with E-state index in [0.717, 1.165) is 30.4 Å². The van der Waals surface area contributed by atoms with Crippen molar-refractivity contribution in [1.29, 1.82) is 0 Å². The molecule has 1 aliphatic carbocycles. The zero-order chi connectivity index (χ0) is 16.6. The van der Waals surface area contributed by atoms with E-state index in [0.29, 0.717) is 16.3 Å². The van der Waals surface area contributed by atoms with Gasteiger partial charge in [0.25, 0.3) is 0 Å². The van der Waals surface area contributed by atoms with Crippen LogP contribution in [-0.2, 0) is 16.4 Å². The number of hydrogen-bond donors (Lipinski definition) is 2. The van der Waals surface area contributed by atoms with Crippen LogP contribution in [0, 0.1) is 6.92 Å². The number of aryl methyl sites for hydroxylation is 1. The number of anilines is 1. The largest absolute Gasteiger partial charge is 0.399 e. The second-order valence-corrected chi connectivity index (χ2v) is 7.98. The number of sulfonamides is 1. The average molecular weight is 351 g/mol. The first-order valence-corrected chi connectivity index (χ1v) is 9.40. The minimum Gasteiger partial charge on any atom is -0.399 e. The van der Waals surface area contributed by atoms with Crippen LogP contribution in [0.2, 0.25) is 5.02 Å². The van der Waals surface area contributed by atoms with Gasteiger partial charge in [-0.3, -0.25) is 0 Å². The monoisotopic (exact) mass is 350 g/mol. The summed E-state index contributed by atoms with van der Waals surface area (Å²) in [4.78, 5) is 0.229. The first-order chi connectivity index (χ1) is 10.9. The van der Waals surface area contributed by atoms with Crippen LogP contribution in [0.5, 0.6) is 0 Å². The maximum absolute atomic E-state index is 12.8. The van der Waals surface area contributed by atoms with Crippen LogP contribution in [0.3, 0.4) is 0 Å². The summed E-state index contributed by atoms with van der Waals surface area (Å²) >= 11 is 6.06. The van der Waals surface area contributed by atoms with Crippen molar-refractivity contribution in [1.82, 2.24) is 4.72 Å². The van der Waals surface area contributed by atoms with Crippen molar-refractivity contribution in [2.45, 2.75) is 37.1 Å². The second-order valence-electron chi connectivity index (χ2n) is 5.89. The van der Waals surface area contributed by atoms with Crippen molar-refractivity contribution < 1.29 is 8.42 Å². The molecule has 3 rings (SSSR count). The first kappa shape index (κ1) is 16.3. The van der Waals surface area contributed by atoms with Gasteiger partial charge in [0, 0.05) is 16.8 Å². The van der Waals surface area contributed by atoms with Crippen LogP contribution in [0.1, 0.15) is 35.6 Å². The van der Waals surface area contributed by atoms with Crippen LogP contribution in [0.25, 0.3) is 0 Å². The van der Waals surface area contributed by atoms with E-state index in [2.05, 4.69) is 4.72 Å². The minimum atomic E-state index is -3.63. The van der Waals surface area contributed by atoms with E-state index >= 15 is 0 Å². The molecule has 0 bridgehead atoms. The Bertz CT molecular complexity index is 850. The molecule has 0 heterocycles. The molecule has 2 aromatic carbocycles. The minimum absolute atomic E-state index is 0.229. The van der Waals surface area contributed by atoms with E-state index in [1.54, 1.807) is 25.1 Å². The smallest absolute Gasteiger partial charge is 0.241 e. The van der Waals surface area contributed by atoms with Crippen molar-refractivity contribution in [2.24, 2.45) is 0 Å². The number of benzene rings is 2. The fourth-order valence-electron chi connectivity index (χ4n) is 3.09. The van der Waals surface area contributed by atoms with Crippen molar-refractivity contribution in [3.05, 3.63) is 58.1 Å². The molecule has 122 valence electrons. The average Bonchev–Trinajstić information content (AvgIpc) is 2.49. The molecule has 0 fully saturated rings. The van der Waals surface area contributed by atoms with Gasteiger partial charge in [0.05, 0.1) is 4.90 Å². The summed E-state index contributed by atoms with van der Waals surface area (Å²) in [5, 5.41) is 0.449. The van der Waals surface area contributed by atoms with Crippen LogP contribution in [0.15, 0.2) is 41.3 Å². The number of nitrogens with two attached hydrogens (primary N) is 1. The lowest BCUT2D eigenvalue weighted by atomic mass is 9.88. The standard InChI is InChI=1S/C17H19ClN2O2S/c1-11-15(18)5-3-7-17(11)23(21,22)20-16-6-2-4-12-10-13(19)8-9-14(12)16/h3,5,7-10,16,20H,2,4,6,19H2,1H3. The van der Waals surface area contributed by atoms with Gasteiger partial charge < -0.3 is 5.73 Å². The lowest BCUT2D eigenvalue weighted by Crippen LogP contribution is -2.31. The fourth-order valence-corrected chi connectivity index (χ4v) is 4.83. The summed E-state index contributed by atoms with van der Waals surface area (Å²) in [6, 6.07) is 10.4. The van der Waals surface area contributed by atoms with E-state index in [1.165, 1.54) is 0 Å². The van der Waals surface area contributed by atoms with Gasteiger partial charge in [0.1, 0.15) is 0 Å². The molecular formula is C17H19ClN2O2S. The maximum atomic E-state index is 12.8. The van der Waals surface area contributed by atoms with Crippen molar-refractivity contribution >= 4 is 27.3 Å². The molecule has 3 N–H and O–H groups in total. The fraction of sp³-hybridized carbons (Fsp3) is 0.294. The number of fused-ring (bicyclic) bond motifs is 1. The van der Waals surface area contributed by atoms with Crippen molar-refractivity contribution in [3.8, 4) is 0 Å². The second kappa shape index (κ2) is 6.15. The lowest BCUT2D eigenvalue weighted by molar-refractivity contribution is 0.507. The third-order valence-corrected chi connectivity index (χ3v) is 6.31. The van der Waals surface area contributed by atoms with Crippen LogP contribution in [0.4, 0.5) is 5.69 Å². The molecule has 0 aromatic heterocycles. The highest BCUT2D eigenvalue weighted by Crippen LogP contribution is 2.33. The highest BCUT2D eigenvalue weighted by atomic mass is 35.5. The predicted molar refractivity (Wildman–Crippen MR) is 93.0 cm³/mol. The molecule has 0 saturated carbocycles. The zero-order valence-corrected chi connectivity index (χ0v) is 14.4. The first-order valence-electron chi connectivity index (χ1n) is 7.54. The Morgan fingerprint density at radius 3 is 2.83 bits per heavy atom. The molecule has 1 aliphatic rings. The van der Waals surface area contributed by atoms with E-state index in [9.17, 15) is 8.42 Å². The number of nitrogen functional groups attached to an aromatic ring is 1. The third-order valence-electron chi connectivity index (χ3n) is 4.29. The van der Waals surface area contributed by atoms with E-state index in [1.807, 2.05) is 18.2 Å². The Morgan fingerprint density at radius 2 is 2.04 bits per heavy atom. The molecule has 6 heteroatoms. The highest BCUT2D eigenvalue weighted by molar-refractivity contribution is 7.89. The van der Waals surface area contributed by atoms with E-state index < -0.39 is 10.0 Å². The summed E-state index contributed by atoms with van der Waals surface area (Å²) in [5.41, 5.74) is 9.23. The summed E-state index contributed by atoms with van der Waals surface area (Å²) in [7, 11) is -3.63. The summed E-state index contributed by atoms with van der Waals surface area (Å²) in [6.45, 7) is 1.71. The van der Waals surface area contributed by atoms with Gasteiger partial charge in [-0.2, -0.15) is 0 Å². The quantitative estimate of drug-likeness (QED) is 0.831.